The molecule has 0 saturated heterocycles. The van der Waals surface area contributed by atoms with Gasteiger partial charge in [-0.3, -0.25) is 4.79 Å². The number of benzene rings is 2. The van der Waals surface area contributed by atoms with E-state index < -0.39 is 10.0 Å². The zero-order valence-corrected chi connectivity index (χ0v) is 22.2. The number of aryl methyl sites for hydroxylation is 2. The van der Waals surface area contributed by atoms with E-state index in [-0.39, 0.29) is 22.8 Å². The van der Waals surface area contributed by atoms with Gasteiger partial charge in [0, 0.05) is 13.0 Å². The molecule has 0 unspecified atom stereocenters. The number of hydrogen-bond donors (Lipinski definition) is 2. The highest BCUT2D eigenvalue weighted by Crippen LogP contribution is 2.30. The molecule has 2 aromatic heterocycles. The average molecular weight is 526 g/mol. The van der Waals surface area contributed by atoms with E-state index in [0.717, 1.165) is 17.7 Å². The second-order valence-electron chi connectivity index (χ2n) is 8.42. The molecule has 37 heavy (non-hydrogen) atoms. The van der Waals surface area contributed by atoms with Crippen molar-refractivity contribution in [2.45, 2.75) is 52.0 Å². The molecule has 2 heterocycles. The van der Waals surface area contributed by atoms with Gasteiger partial charge in [-0.05, 0) is 63.1 Å². The summed E-state index contributed by atoms with van der Waals surface area (Å²) in [5.74, 6) is 1.99. The highest BCUT2D eigenvalue weighted by atomic mass is 32.2. The third-order valence-electron chi connectivity index (χ3n) is 5.73. The van der Waals surface area contributed by atoms with E-state index in [9.17, 15) is 13.2 Å². The Morgan fingerprint density at radius 3 is 2.43 bits per heavy atom. The summed E-state index contributed by atoms with van der Waals surface area (Å²) in [7, 11) is -3.88. The summed E-state index contributed by atoms with van der Waals surface area (Å²) in [5, 5.41) is 4.62. The number of aromatic nitrogens is 4. The molecule has 2 aromatic carbocycles. The van der Waals surface area contributed by atoms with Gasteiger partial charge in [0.15, 0.2) is 11.3 Å². The maximum atomic E-state index is 13.2. The summed E-state index contributed by atoms with van der Waals surface area (Å²) in [4.78, 5) is 20.2. The Morgan fingerprint density at radius 2 is 1.76 bits per heavy atom. The first kappa shape index (κ1) is 26.4. The highest BCUT2D eigenvalue weighted by molar-refractivity contribution is 7.89. The van der Waals surface area contributed by atoms with Crippen molar-refractivity contribution in [3.05, 3.63) is 69.9 Å². The number of rotatable bonds is 11. The van der Waals surface area contributed by atoms with Gasteiger partial charge >= 0.3 is 0 Å². The summed E-state index contributed by atoms with van der Waals surface area (Å²) in [6.45, 7) is 8.52. The lowest BCUT2D eigenvalue weighted by Gasteiger charge is -2.13. The number of nitrogens with one attached hydrogen (secondary N) is 2. The topological polar surface area (TPSA) is 128 Å². The zero-order valence-electron chi connectivity index (χ0n) is 21.4. The Labute approximate surface area is 215 Å². The third-order valence-corrected chi connectivity index (χ3v) is 7.13. The fourth-order valence-electron chi connectivity index (χ4n) is 4.02. The Morgan fingerprint density at radius 1 is 1.03 bits per heavy atom. The van der Waals surface area contributed by atoms with Gasteiger partial charge in [-0.15, -0.1) is 5.10 Å². The van der Waals surface area contributed by atoms with E-state index in [2.05, 4.69) is 19.8 Å². The van der Waals surface area contributed by atoms with Gasteiger partial charge in [0.25, 0.3) is 5.56 Å². The van der Waals surface area contributed by atoms with Crippen LogP contribution in [0.5, 0.6) is 11.5 Å². The van der Waals surface area contributed by atoms with E-state index in [1.807, 2.05) is 32.9 Å². The van der Waals surface area contributed by atoms with Crippen LogP contribution >= 0.6 is 0 Å². The first-order valence-corrected chi connectivity index (χ1v) is 13.7. The Bertz CT molecular complexity index is 1560. The monoisotopic (exact) mass is 525 g/mol. The molecule has 4 aromatic rings. The molecular weight excluding hydrogens is 494 g/mol. The Kier molecular flexibility index (Phi) is 7.94. The number of ether oxygens (including phenoxy) is 2. The summed E-state index contributed by atoms with van der Waals surface area (Å²) < 4.78 is 41.7. The molecule has 11 heteroatoms. The van der Waals surface area contributed by atoms with Gasteiger partial charge in [0.1, 0.15) is 17.3 Å². The van der Waals surface area contributed by atoms with E-state index >= 15 is 0 Å². The third kappa shape index (κ3) is 5.67. The van der Waals surface area contributed by atoms with Crippen LogP contribution in [0.25, 0.3) is 16.9 Å². The lowest BCUT2D eigenvalue weighted by atomic mass is 10.2. The van der Waals surface area contributed by atoms with E-state index in [4.69, 9.17) is 9.47 Å². The van der Waals surface area contributed by atoms with E-state index in [0.29, 0.717) is 48.0 Å². The number of H-pyrrole nitrogens is 1. The molecule has 0 aliphatic carbocycles. The SMILES string of the molecule is CCCc1nc(C)c2c(=O)[nH]c(-c3cc(S(=O)(=O)NCc4ccc(OCC)cc4)ccc3OCC)nn12. The van der Waals surface area contributed by atoms with Crippen molar-refractivity contribution < 1.29 is 17.9 Å². The van der Waals surface area contributed by atoms with Crippen molar-refractivity contribution >= 4 is 15.5 Å². The number of sulfonamides is 1. The minimum Gasteiger partial charge on any atom is -0.494 e. The zero-order chi connectivity index (χ0) is 26.6. The predicted molar refractivity (Wildman–Crippen MR) is 141 cm³/mol. The van der Waals surface area contributed by atoms with Crippen LogP contribution in [0.1, 0.15) is 44.3 Å². The molecule has 0 radical (unpaired) electrons. The van der Waals surface area contributed by atoms with Gasteiger partial charge < -0.3 is 14.5 Å². The minimum atomic E-state index is -3.88. The van der Waals surface area contributed by atoms with Crippen molar-refractivity contribution in [3.8, 4) is 22.9 Å². The van der Waals surface area contributed by atoms with Gasteiger partial charge in [-0.1, -0.05) is 19.1 Å². The van der Waals surface area contributed by atoms with Crippen molar-refractivity contribution in [2.75, 3.05) is 13.2 Å². The molecule has 0 amide bonds. The number of imidazole rings is 1. The summed E-state index contributed by atoms with van der Waals surface area (Å²) in [6, 6.07) is 11.7. The maximum Gasteiger partial charge on any atom is 0.277 e. The molecule has 2 N–H and O–H groups in total. The average Bonchev–Trinajstić information content (AvgIpc) is 3.20. The van der Waals surface area contributed by atoms with Crippen molar-refractivity contribution in [3.63, 3.8) is 0 Å². The second kappa shape index (κ2) is 11.1. The fraction of sp³-hybridized carbons (Fsp3) is 0.346. The summed E-state index contributed by atoms with van der Waals surface area (Å²) in [6.07, 6.45) is 1.48. The highest BCUT2D eigenvalue weighted by Gasteiger charge is 2.21. The van der Waals surface area contributed by atoms with Crippen molar-refractivity contribution in [2.24, 2.45) is 0 Å². The first-order valence-electron chi connectivity index (χ1n) is 12.2. The van der Waals surface area contributed by atoms with E-state index in [1.165, 1.54) is 16.6 Å². The molecule has 0 saturated carbocycles. The van der Waals surface area contributed by atoms with E-state index in [1.54, 1.807) is 25.1 Å². The molecule has 0 aliphatic heterocycles. The summed E-state index contributed by atoms with van der Waals surface area (Å²) >= 11 is 0. The predicted octanol–water partition coefficient (Wildman–Crippen LogP) is 3.62. The van der Waals surface area contributed by atoms with Crippen LogP contribution in [0.15, 0.2) is 52.2 Å². The molecule has 0 atom stereocenters. The lowest BCUT2D eigenvalue weighted by molar-refractivity contribution is 0.340. The molecule has 0 aliphatic rings. The van der Waals surface area contributed by atoms with Crippen LogP contribution in [-0.4, -0.2) is 41.2 Å². The Balaban J connectivity index is 1.71. The number of aromatic amines is 1. The van der Waals surface area contributed by atoms with Crippen LogP contribution in [0.2, 0.25) is 0 Å². The standard InChI is InChI=1S/C26H31N5O5S/c1-5-8-23-28-17(4)24-26(32)29-25(30-31(23)24)21-15-20(13-14-22(21)36-7-3)37(33,34)27-16-18-9-11-19(12-10-18)35-6-2/h9-15,27H,5-8,16H2,1-4H3,(H,29,30,32). The smallest absolute Gasteiger partial charge is 0.277 e. The summed E-state index contributed by atoms with van der Waals surface area (Å²) in [5.41, 5.74) is 1.74. The molecule has 0 bridgehead atoms. The molecule has 4 rings (SSSR count). The molecule has 0 fully saturated rings. The first-order chi connectivity index (χ1) is 17.8. The number of nitrogens with zero attached hydrogens (tertiary/aromatic N) is 3. The number of fused-ring (bicyclic) bond motifs is 1. The van der Waals surface area contributed by atoms with Crippen LogP contribution in [0.4, 0.5) is 0 Å². The van der Waals surface area contributed by atoms with Gasteiger partial charge in [-0.25, -0.2) is 22.6 Å². The number of hydrogen-bond acceptors (Lipinski definition) is 7. The molecule has 196 valence electrons. The largest absolute Gasteiger partial charge is 0.494 e. The minimum absolute atomic E-state index is 0.0234. The lowest BCUT2D eigenvalue weighted by Crippen LogP contribution is -2.23. The Hall–Kier alpha value is -3.70. The fourth-order valence-corrected chi connectivity index (χ4v) is 5.06. The van der Waals surface area contributed by atoms with Crippen molar-refractivity contribution in [1.82, 2.24) is 24.3 Å². The normalized spacial score (nSPS) is 11.7. The second-order valence-corrected chi connectivity index (χ2v) is 10.2. The van der Waals surface area contributed by atoms with Crippen molar-refractivity contribution in [1.29, 1.82) is 0 Å². The van der Waals surface area contributed by atoms with Gasteiger partial charge in [-0.2, -0.15) is 0 Å². The van der Waals surface area contributed by atoms with Crippen LogP contribution in [0.3, 0.4) is 0 Å². The molecule has 10 nitrogen and oxygen atoms in total. The quantitative estimate of drug-likeness (QED) is 0.306. The molecule has 0 spiro atoms. The maximum absolute atomic E-state index is 13.2. The van der Waals surface area contributed by atoms with Gasteiger partial charge in [0.05, 0.1) is 29.4 Å². The van der Waals surface area contributed by atoms with Crippen LogP contribution < -0.4 is 19.8 Å². The van der Waals surface area contributed by atoms with Crippen LogP contribution in [-0.2, 0) is 23.0 Å². The van der Waals surface area contributed by atoms with Gasteiger partial charge in [0.2, 0.25) is 10.0 Å². The molecular formula is C26H31N5O5S. The van der Waals surface area contributed by atoms with Crippen LogP contribution in [0, 0.1) is 6.92 Å².